The fourth-order valence-corrected chi connectivity index (χ4v) is 5.51. The van der Waals surface area contributed by atoms with E-state index in [1.807, 2.05) is 6.07 Å². The molecule has 2 aromatic carbocycles. The van der Waals surface area contributed by atoms with Crippen molar-refractivity contribution in [3.8, 4) is 0 Å². The molecule has 0 aromatic heterocycles. The highest BCUT2D eigenvalue weighted by Crippen LogP contribution is 2.25. The van der Waals surface area contributed by atoms with Crippen molar-refractivity contribution in [3.63, 3.8) is 0 Å². The van der Waals surface area contributed by atoms with E-state index in [1.54, 1.807) is 55.1 Å². The third-order valence-electron chi connectivity index (χ3n) is 4.99. The SMILES string of the molecule is CC(C)N(C)S(=O)(=O)c1ccc(NC(=O)[C@@H]2CSCN2C(=O)c2ccccc2)cc1. The average Bonchev–Trinajstić information content (AvgIpc) is 3.23. The molecular formula is C21H25N3O4S2. The van der Waals surface area contributed by atoms with E-state index in [9.17, 15) is 18.0 Å². The molecule has 2 aromatic rings. The van der Waals surface area contributed by atoms with Gasteiger partial charge in [0.15, 0.2) is 0 Å². The summed E-state index contributed by atoms with van der Waals surface area (Å²) < 4.78 is 26.4. The first-order valence-corrected chi connectivity index (χ1v) is 12.1. The van der Waals surface area contributed by atoms with Crippen molar-refractivity contribution < 1.29 is 18.0 Å². The van der Waals surface area contributed by atoms with E-state index in [-0.39, 0.29) is 22.8 Å². The Hall–Kier alpha value is -2.36. The van der Waals surface area contributed by atoms with E-state index in [0.717, 1.165) is 0 Å². The van der Waals surface area contributed by atoms with E-state index >= 15 is 0 Å². The van der Waals surface area contributed by atoms with Gasteiger partial charge >= 0.3 is 0 Å². The number of carbonyl (C=O) groups is 2. The van der Waals surface area contributed by atoms with Crippen LogP contribution in [0.4, 0.5) is 5.69 Å². The molecule has 30 heavy (non-hydrogen) atoms. The summed E-state index contributed by atoms with van der Waals surface area (Å²) in [7, 11) is -2.05. The van der Waals surface area contributed by atoms with Crippen LogP contribution in [-0.2, 0) is 14.8 Å². The minimum absolute atomic E-state index is 0.161. The summed E-state index contributed by atoms with van der Waals surface area (Å²) in [6.45, 7) is 3.60. The number of hydrogen-bond acceptors (Lipinski definition) is 5. The minimum Gasteiger partial charge on any atom is -0.324 e. The van der Waals surface area contributed by atoms with Gasteiger partial charge in [-0.05, 0) is 50.2 Å². The Morgan fingerprint density at radius 2 is 1.73 bits per heavy atom. The van der Waals surface area contributed by atoms with Crippen LogP contribution in [0.5, 0.6) is 0 Å². The molecule has 2 amide bonds. The van der Waals surface area contributed by atoms with Crippen LogP contribution in [0.3, 0.4) is 0 Å². The van der Waals surface area contributed by atoms with Crippen molar-refractivity contribution in [1.29, 1.82) is 0 Å². The minimum atomic E-state index is -3.59. The second kappa shape index (κ2) is 9.20. The third kappa shape index (κ3) is 4.69. The van der Waals surface area contributed by atoms with Gasteiger partial charge in [-0.25, -0.2) is 8.42 Å². The number of nitrogens with zero attached hydrogens (tertiary/aromatic N) is 2. The lowest BCUT2D eigenvalue weighted by Crippen LogP contribution is -2.44. The van der Waals surface area contributed by atoms with Crippen LogP contribution in [0.15, 0.2) is 59.5 Å². The molecule has 1 atom stereocenters. The first kappa shape index (κ1) is 22.3. The zero-order chi connectivity index (χ0) is 21.9. The van der Waals surface area contributed by atoms with Crippen LogP contribution >= 0.6 is 11.8 Å². The van der Waals surface area contributed by atoms with E-state index in [2.05, 4.69) is 5.32 Å². The predicted octanol–water partition coefficient (Wildman–Crippen LogP) is 2.87. The smallest absolute Gasteiger partial charge is 0.255 e. The van der Waals surface area contributed by atoms with Gasteiger partial charge in [0.2, 0.25) is 15.9 Å². The Morgan fingerprint density at radius 1 is 1.10 bits per heavy atom. The predicted molar refractivity (Wildman–Crippen MR) is 119 cm³/mol. The lowest BCUT2D eigenvalue weighted by molar-refractivity contribution is -0.119. The number of benzene rings is 2. The molecule has 1 fully saturated rings. The van der Waals surface area contributed by atoms with Gasteiger partial charge in [-0.15, -0.1) is 11.8 Å². The number of sulfonamides is 1. The first-order chi connectivity index (χ1) is 14.2. The highest BCUT2D eigenvalue weighted by molar-refractivity contribution is 7.99. The number of carbonyl (C=O) groups excluding carboxylic acids is 2. The Labute approximate surface area is 181 Å². The monoisotopic (exact) mass is 447 g/mol. The molecule has 160 valence electrons. The Bertz CT molecular complexity index is 1010. The van der Waals surface area contributed by atoms with Gasteiger partial charge in [-0.1, -0.05) is 18.2 Å². The molecule has 0 unspecified atom stereocenters. The molecule has 1 N–H and O–H groups in total. The van der Waals surface area contributed by atoms with Gasteiger partial charge in [-0.2, -0.15) is 4.31 Å². The molecule has 7 nitrogen and oxygen atoms in total. The van der Waals surface area contributed by atoms with Crippen molar-refractivity contribution in [2.45, 2.75) is 30.8 Å². The standard InChI is InChI=1S/C21H25N3O4S2/c1-15(2)23(3)30(27,28)18-11-9-17(10-12-18)22-20(25)19-13-29-14-24(19)21(26)16-7-5-4-6-8-16/h4-12,15,19H,13-14H2,1-3H3,(H,22,25)/t19-/m0/s1. The number of hydrogen-bond donors (Lipinski definition) is 1. The number of nitrogens with one attached hydrogen (secondary N) is 1. The largest absolute Gasteiger partial charge is 0.324 e. The molecule has 1 aliphatic rings. The molecular weight excluding hydrogens is 422 g/mol. The van der Waals surface area contributed by atoms with Crippen molar-refractivity contribution >= 4 is 39.3 Å². The summed E-state index contributed by atoms with van der Waals surface area (Å²) in [5.41, 5.74) is 1.02. The summed E-state index contributed by atoms with van der Waals surface area (Å²) in [6, 6.07) is 14.2. The quantitative estimate of drug-likeness (QED) is 0.736. The molecule has 0 spiro atoms. The number of amides is 2. The molecule has 9 heteroatoms. The van der Waals surface area contributed by atoms with Gasteiger partial charge in [0.25, 0.3) is 5.91 Å². The van der Waals surface area contributed by atoms with Crippen molar-refractivity contribution in [2.24, 2.45) is 0 Å². The maximum Gasteiger partial charge on any atom is 0.255 e. The summed E-state index contributed by atoms with van der Waals surface area (Å²) >= 11 is 1.52. The lowest BCUT2D eigenvalue weighted by atomic mass is 10.1. The number of rotatable bonds is 6. The summed E-state index contributed by atoms with van der Waals surface area (Å²) in [5, 5.41) is 2.80. The zero-order valence-corrected chi connectivity index (χ0v) is 18.7. The topological polar surface area (TPSA) is 86.8 Å². The molecule has 0 aliphatic carbocycles. The van der Waals surface area contributed by atoms with Crippen LogP contribution in [-0.4, -0.2) is 60.2 Å². The fraction of sp³-hybridized carbons (Fsp3) is 0.333. The van der Waals surface area contributed by atoms with Crippen LogP contribution < -0.4 is 5.32 Å². The Morgan fingerprint density at radius 3 is 2.33 bits per heavy atom. The summed E-state index contributed by atoms with van der Waals surface area (Å²) in [6.07, 6.45) is 0. The highest BCUT2D eigenvalue weighted by Gasteiger charge is 2.35. The first-order valence-electron chi connectivity index (χ1n) is 9.54. The zero-order valence-electron chi connectivity index (χ0n) is 17.1. The van der Waals surface area contributed by atoms with Crippen LogP contribution in [0.1, 0.15) is 24.2 Å². The molecule has 0 saturated carbocycles. The van der Waals surface area contributed by atoms with Crippen LogP contribution in [0.2, 0.25) is 0 Å². The third-order valence-corrected chi connectivity index (χ3v) is 8.05. The lowest BCUT2D eigenvalue weighted by Gasteiger charge is -2.23. The number of anilines is 1. The van der Waals surface area contributed by atoms with Crippen molar-refractivity contribution in [1.82, 2.24) is 9.21 Å². The normalized spacial score (nSPS) is 16.8. The Balaban J connectivity index is 1.70. The fourth-order valence-electron chi connectivity index (χ4n) is 2.99. The van der Waals surface area contributed by atoms with Gasteiger partial charge in [0, 0.05) is 30.1 Å². The molecule has 3 rings (SSSR count). The average molecular weight is 448 g/mol. The maximum atomic E-state index is 12.8. The van der Waals surface area contributed by atoms with Crippen LogP contribution in [0.25, 0.3) is 0 Å². The molecule has 1 saturated heterocycles. The van der Waals surface area contributed by atoms with Gasteiger partial charge < -0.3 is 10.2 Å². The van der Waals surface area contributed by atoms with E-state index < -0.39 is 16.1 Å². The molecule has 0 bridgehead atoms. The summed E-state index contributed by atoms with van der Waals surface area (Å²) in [5.74, 6) is 0.485. The second-order valence-electron chi connectivity index (χ2n) is 7.29. The maximum absolute atomic E-state index is 12.8. The Kier molecular flexibility index (Phi) is 6.84. The van der Waals surface area contributed by atoms with Gasteiger partial charge in [0.1, 0.15) is 6.04 Å². The van der Waals surface area contributed by atoms with E-state index in [1.165, 1.54) is 35.2 Å². The van der Waals surface area contributed by atoms with Crippen molar-refractivity contribution in [2.75, 3.05) is 24.0 Å². The van der Waals surface area contributed by atoms with Gasteiger partial charge in [0.05, 0.1) is 10.8 Å². The van der Waals surface area contributed by atoms with E-state index in [4.69, 9.17) is 0 Å². The van der Waals surface area contributed by atoms with Crippen molar-refractivity contribution in [3.05, 3.63) is 60.2 Å². The van der Waals surface area contributed by atoms with E-state index in [0.29, 0.717) is 22.9 Å². The molecule has 1 aliphatic heterocycles. The second-order valence-corrected chi connectivity index (χ2v) is 10.3. The summed E-state index contributed by atoms with van der Waals surface area (Å²) in [4.78, 5) is 27.3. The molecule has 1 heterocycles. The van der Waals surface area contributed by atoms with Gasteiger partial charge in [-0.3, -0.25) is 9.59 Å². The molecule has 0 radical (unpaired) electrons. The highest BCUT2D eigenvalue weighted by atomic mass is 32.2. The number of thioether (sulfide) groups is 1. The van der Waals surface area contributed by atoms with Crippen LogP contribution in [0, 0.1) is 0 Å².